The molecule has 82 valence electrons. The Hall–Kier alpha value is -1.48. The molecule has 2 heterocycles. The average molecular weight is 234 g/mol. The van der Waals surface area contributed by atoms with Gasteiger partial charge in [0.15, 0.2) is 5.15 Å². The van der Waals surface area contributed by atoms with Gasteiger partial charge in [-0.05, 0) is 37.1 Å². The molecule has 0 aliphatic heterocycles. The van der Waals surface area contributed by atoms with Crippen molar-refractivity contribution in [3.8, 4) is 0 Å². The number of rotatable bonds is 2. The van der Waals surface area contributed by atoms with Crippen molar-refractivity contribution in [1.29, 1.82) is 0 Å². The van der Waals surface area contributed by atoms with Gasteiger partial charge in [-0.3, -0.25) is 4.98 Å². The lowest BCUT2D eigenvalue weighted by molar-refractivity contribution is 0.890. The molecule has 0 bridgehead atoms. The monoisotopic (exact) mass is 233 g/mol. The highest BCUT2D eigenvalue weighted by molar-refractivity contribution is 6.30. The van der Waals surface area contributed by atoms with Gasteiger partial charge in [0, 0.05) is 18.3 Å². The van der Waals surface area contributed by atoms with Gasteiger partial charge < -0.3 is 0 Å². The molecule has 0 aliphatic carbocycles. The summed E-state index contributed by atoms with van der Waals surface area (Å²) in [6.45, 7) is 3.96. The molecule has 3 nitrogen and oxygen atoms in total. The molecule has 2 rings (SSSR count). The van der Waals surface area contributed by atoms with E-state index in [0.717, 1.165) is 22.5 Å². The summed E-state index contributed by atoms with van der Waals surface area (Å²) in [6.07, 6.45) is 2.47. The van der Waals surface area contributed by atoms with Crippen LogP contribution >= 0.6 is 11.6 Å². The van der Waals surface area contributed by atoms with Crippen LogP contribution in [0.15, 0.2) is 24.4 Å². The van der Waals surface area contributed by atoms with Crippen molar-refractivity contribution in [3.63, 3.8) is 0 Å². The molecule has 2 aromatic rings. The maximum absolute atomic E-state index is 5.90. The van der Waals surface area contributed by atoms with E-state index in [1.54, 1.807) is 6.20 Å². The van der Waals surface area contributed by atoms with Crippen LogP contribution in [0, 0.1) is 13.8 Å². The van der Waals surface area contributed by atoms with Crippen LogP contribution in [0.1, 0.15) is 22.5 Å². The van der Waals surface area contributed by atoms with E-state index in [-0.39, 0.29) is 0 Å². The molecule has 0 atom stereocenters. The topological polar surface area (TPSA) is 38.7 Å². The summed E-state index contributed by atoms with van der Waals surface area (Å²) in [7, 11) is 0. The Balaban J connectivity index is 2.33. The van der Waals surface area contributed by atoms with Gasteiger partial charge in [-0.25, -0.2) is 0 Å². The van der Waals surface area contributed by atoms with Gasteiger partial charge >= 0.3 is 0 Å². The van der Waals surface area contributed by atoms with Gasteiger partial charge in [0.05, 0.1) is 5.69 Å². The molecule has 0 amide bonds. The van der Waals surface area contributed by atoms with Gasteiger partial charge in [0.1, 0.15) is 0 Å². The van der Waals surface area contributed by atoms with Crippen LogP contribution in [0.4, 0.5) is 0 Å². The molecule has 0 saturated heterocycles. The van der Waals surface area contributed by atoms with E-state index in [1.807, 2.05) is 32.0 Å². The predicted octanol–water partition coefficient (Wildman–Crippen LogP) is 2.73. The lowest BCUT2D eigenvalue weighted by Crippen LogP contribution is -2.02. The molecule has 2 aromatic heterocycles. The highest BCUT2D eigenvalue weighted by Crippen LogP contribution is 2.18. The first-order valence-electron chi connectivity index (χ1n) is 5.06. The minimum atomic E-state index is 0.474. The molecule has 0 fully saturated rings. The normalized spacial score (nSPS) is 10.4. The Morgan fingerprint density at radius 2 is 1.94 bits per heavy atom. The SMILES string of the molecule is Cc1c(Cl)nnc(Cc2ccccn2)c1C. The van der Waals surface area contributed by atoms with E-state index in [9.17, 15) is 0 Å². The summed E-state index contributed by atoms with van der Waals surface area (Å²) in [5, 5.41) is 8.51. The van der Waals surface area contributed by atoms with Crippen LogP contribution in [0.25, 0.3) is 0 Å². The quantitative estimate of drug-likeness (QED) is 0.801. The highest BCUT2D eigenvalue weighted by Gasteiger charge is 2.08. The number of aromatic nitrogens is 3. The van der Waals surface area contributed by atoms with Gasteiger partial charge in [0.25, 0.3) is 0 Å². The highest BCUT2D eigenvalue weighted by atomic mass is 35.5. The second-order valence-electron chi connectivity index (χ2n) is 3.69. The van der Waals surface area contributed by atoms with Crippen molar-refractivity contribution >= 4 is 11.6 Å². The largest absolute Gasteiger partial charge is 0.261 e. The third kappa shape index (κ3) is 2.19. The van der Waals surface area contributed by atoms with E-state index < -0.39 is 0 Å². The van der Waals surface area contributed by atoms with Crippen molar-refractivity contribution in [1.82, 2.24) is 15.2 Å². The van der Waals surface area contributed by atoms with Crippen molar-refractivity contribution in [2.45, 2.75) is 20.3 Å². The van der Waals surface area contributed by atoms with Crippen LogP contribution < -0.4 is 0 Å². The lowest BCUT2D eigenvalue weighted by atomic mass is 10.1. The zero-order valence-electron chi connectivity index (χ0n) is 9.24. The first kappa shape index (κ1) is 11.0. The van der Waals surface area contributed by atoms with Gasteiger partial charge in [-0.1, -0.05) is 17.7 Å². The second-order valence-corrected chi connectivity index (χ2v) is 4.04. The minimum absolute atomic E-state index is 0.474. The summed E-state index contributed by atoms with van der Waals surface area (Å²) >= 11 is 5.90. The van der Waals surface area contributed by atoms with E-state index in [0.29, 0.717) is 11.6 Å². The predicted molar refractivity (Wildman–Crippen MR) is 63.6 cm³/mol. The third-order valence-electron chi connectivity index (χ3n) is 2.64. The fourth-order valence-electron chi connectivity index (χ4n) is 1.47. The maximum Gasteiger partial charge on any atom is 0.154 e. The molecule has 0 aromatic carbocycles. The molecular weight excluding hydrogens is 222 g/mol. The fourth-order valence-corrected chi connectivity index (χ4v) is 1.65. The van der Waals surface area contributed by atoms with E-state index in [4.69, 9.17) is 11.6 Å². The number of hydrogen-bond acceptors (Lipinski definition) is 3. The average Bonchev–Trinajstić information content (AvgIpc) is 2.31. The summed E-state index contributed by atoms with van der Waals surface area (Å²) < 4.78 is 0. The lowest BCUT2D eigenvalue weighted by Gasteiger charge is -2.07. The molecule has 0 spiro atoms. The Morgan fingerprint density at radius 1 is 1.12 bits per heavy atom. The summed E-state index contributed by atoms with van der Waals surface area (Å²) in [4.78, 5) is 4.27. The van der Waals surface area contributed by atoms with Gasteiger partial charge in [-0.15, -0.1) is 5.10 Å². The summed E-state index contributed by atoms with van der Waals surface area (Å²) in [5.74, 6) is 0. The molecule has 0 unspecified atom stereocenters. The van der Waals surface area contributed by atoms with Gasteiger partial charge in [-0.2, -0.15) is 5.10 Å². The number of halogens is 1. The zero-order valence-corrected chi connectivity index (χ0v) is 9.99. The van der Waals surface area contributed by atoms with Crippen LogP contribution in [-0.2, 0) is 6.42 Å². The first-order valence-corrected chi connectivity index (χ1v) is 5.44. The standard InChI is InChI=1S/C12H12ClN3/c1-8-9(2)12(13)16-15-11(8)7-10-5-3-4-6-14-10/h3-6H,7H2,1-2H3. The van der Waals surface area contributed by atoms with Crippen LogP contribution in [0.3, 0.4) is 0 Å². The van der Waals surface area contributed by atoms with E-state index in [2.05, 4.69) is 15.2 Å². The van der Waals surface area contributed by atoms with Crippen LogP contribution in [-0.4, -0.2) is 15.2 Å². The molecule has 0 saturated carbocycles. The Kier molecular flexibility index (Phi) is 3.15. The van der Waals surface area contributed by atoms with E-state index >= 15 is 0 Å². The van der Waals surface area contributed by atoms with Crippen LogP contribution in [0.2, 0.25) is 5.15 Å². The van der Waals surface area contributed by atoms with Gasteiger partial charge in [0.2, 0.25) is 0 Å². The molecular formula is C12H12ClN3. The van der Waals surface area contributed by atoms with Crippen molar-refractivity contribution < 1.29 is 0 Å². The minimum Gasteiger partial charge on any atom is -0.261 e. The summed E-state index contributed by atoms with van der Waals surface area (Å²) in [5.41, 5.74) is 4.00. The second kappa shape index (κ2) is 4.58. The first-order chi connectivity index (χ1) is 7.68. The Labute approximate surface area is 99.5 Å². The molecule has 0 aliphatic rings. The van der Waals surface area contributed by atoms with Crippen molar-refractivity contribution in [3.05, 3.63) is 52.1 Å². The third-order valence-corrected chi connectivity index (χ3v) is 3.00. The fraction of sp³-hybridized carbons (Fsp3) is 0.250. The smallest absolute Gasteiger partial charge is 0.154 e. The molecule has 0 radical (unpaired) electrons. The Bertz CT molecular complexity index is 497. The zero-order chi connectivity index (χ0) is 11.5. The number of hydrogen-bond donors (Lipinski definition) is 0. The van der Waals surface area contributed by atoms with Crippen molar-refractivity contribution in [2.75, 3.05) is 0 Å². The molecule has 16 heavy (non-hydrogen) atoms. The van der Waals surface area contributed by atoms with Crippen LogP contribution in [0.5, 0.6) is 0 Å². The molecule has 0 N–H and O–H groups in total. The maximum atomic E-state index is 5.90. The Morgan fingerprint density at radius 3 is 2.62 bits per heavy atom. The summed E-state index contributed by atoms with van der Waals surface area (Å²) in [6, 6.07) is 5.84. The van der Waals surface area contributed by atoms with E-state index in [1.165, 1.54) is 0 Å². The molecule has 4 heteroatoms. The number of nitrogens with zero attached hydrogens (tertiary/aromatic N) is 3. The number of pyridine rings is 1. The van der Waals surface area contributed by atoms with Crippen molar-refractivity contribution in [2.24, 2.45) is 0 Å².